The summed E-state index contributed by atoms with van der Waals surface area (Å²) < 4.78 is 5.11. The van der Waals surface area contributed by atoms with Gasteiger partial charge >= 0.3 is 5.97 Å². The van der Waals surface area contributed by atoms with Crippen LogP contribution in [0.4, 0.5) is 0 Å². The molecule has 2 heterocycles. The van der Waals surface area contributed by atoms with Crippen LogP contribution in [0.3, 0.4) is 0 Å². The molecule has 0 saturated carbocycles. The largest absolute Gasteiger partial charge is 0.460 e. The number of carbonyl (C=O) groups is 1. The van der Waals surface area contributed by atoms with Crippen molar-refractivity contribution in [2.45, 2.75) is 32.0 Å². The Morgan fingerprint density at radius 3 is 2.64 bits per heavy atom. The Morgan fingerprint density at radius 2 is 2.14 bits per heavy atom. The van der Waals surface area contributed by atoms with Gasteiger partial charge in [0.1, 0.15) is 6.10 Å². The first-order chi connectivity index (χ1) is 6.66. The van der Waals surface area contributed by atoms with E-state index in [0.29, 0.717) is 6.17 Å². The number of nitrogens with zero attached hydrogens (tertiary/aromatic N) is 2. The molecule has 0 radical (unpaired) electrons. The monoisotopic (exact) mass is 198 g/mol. The predicted octanol–water partition coefficient (Wildman–Crippen LogP) is 0.285. The minimum Gasteiger partial charge on any atom is -0.460 e. The molecule has 2 rings (SSSR count). The zero-order chi connectivity index (χ0) is 10.1. The Hall–Kier alpha value is -0.610. The van der Waals surface area contributed by atoms with Gasteiger partial charge in [-0.1, -0.05) is 0 Å². The Kier molecular flexibility index (Phi) is 2.74. The van der Waals surface area contributed by atoms with Gasteiger partial charge in [-0.25, -0.2) is 0 Å². The molecule has 0 aromatic carbocycles. The second kappa shape index (κ2) is 3.87. The van der Waals surface area contributed by atoms with Crippen LogP contribution in [0.15, 0.2) is 0 Å². The average Bonchev–Trinajstić information content (AvgIpc) is 2.42. The smallest absolute Gasteiger partial charge is 0.302 e. The van der Waals surface area contributed by atoms with Crippen LogP contribution in [0.1, 0.15) is 19.8 Å². The standard InChI is InChI=1S/C10H18N2O2/c1-8(13)14-9-6-12(7-9)10-4-3-5-11(10)2/h9-10H,3-7H2,1-2H3. The van der Waals surface area contributed by atoms with Crippen molar-refractivity contribution in [2.75, 3.05) is 26.7 Å². The highest BCUT2D eigenvalue weighted by molar-refractivity contribution is 5.66. The number of carbonyl (C=O) groups excluding carboxylic acids is 1. The van der Waals surface area contributed by atoms with Gasteiger partial charge in [-0.15, -0.1) is 0 Å². The highest BCUT2D eigenvalue weighted by Gasteiger charge is 2.37. The summed E-state index contributed by atoms with van der Waals surface area (Å²) >= 11 is 0. The summed E-state index contributed by atoms with van der Waals surface area (Å²) in [4.78, 5) is 15.5. The zero-order valence-electron chi connectivity index (χ0n) is 8.90. The van der Waals surface area contributed by atoms with Gasteiger partial charge < -0.3 is 4.74 Å². The lowest BCUT2D eigenvalue weighted by Gasteiger charge is -2.44. The van der Waals surface area contributed by atoms with Gasteiger partial charge in [0.2, 0.25) is 0 Å². The van der Waals surface area contributed by atoms with Crippen molar-refractivity contribution in [1.82, 2.24) is 9.80 Å². The fourth-order valence-corrected chi connectivity index (χ4v) is 2.38. The van der Waals surface area contributed by atoms with Crippen molar-refractivity contribution in [3.8, 4) is 0 Å². The van der Waals surface area contributed by atoms with Gasteiger partial charge in [-0.2, -0.15) is 0 Å². The molecular weight excluding hydrogens is 180 g/mol. The van der Waals surface area contributed by atoms with E-state index in [4.69, 9.17) is 4.74 Å². The van der Waals surface area contributed by atoms with Gasteiger partial charge in [0.15, 0.2) is 0 Å². The van der Waals surface area contributed by atoms with Gasteiger partial charge in [0.25, 0.3) is 0 Å². The van der Waals surface area contributed by atoms with Gasteiger partial charge in [-0.05, 0) is 26.4 Å². The van der Waals surface area contributed by atoms with E-state index in [0.717, 1.165) is 13.1 Å². The molecule has 2 aliphatic rings. The Balaban J connectivity index is 1.74. The van der Waals surface area contributed by atoms with Crippen molar-refractivity contribution in [3.05, 3.63) is 0 Å². The van der Waals surface area contributed by atoms with Crippen LogP contribution in [0, 0.1) is 0 Å². The summed E-state index contributed by atoms with van der Waals surface area (Å²) in [7, 11) is 2.16. The van der Waals surface area contributed by atoms with E-state index in [1.54, 1.807) is 0 Å². The van der Waals surface area contributed by atoms with E-state index in [2.05, 4.69) is 16.8 Å². The van der Waals surface area contributed by atoms with Crippen molar-refractivity contribution >= 4 is 5.97 Å². The lowest BCUT2D eigenvalue weighted by Crippen LogP contribution is -2.59. The summed E-state index contributed by atoms with van der Waals surface area (Å²) in [5.41, 5.74) is 0. The maximum absolute atomic E-state index is 10.7. The van der Waals surface area contributed by atoms with Gasteiger partial charge in [0.05, 0.1) is 6.17 Å². The Bertz CT molecular complexity index is 226. The van der Waals surface area contributed by atoms with Crippen LogP contribution in [0.25, 0.3) is 0 Å². The molecule has 4 nitrogen and oxygen atoms in total. The molecule has 2 aliphatic heterocycles. The van der Waals surface area contributed by atoms with E-state index >= 15 is 0 Å². The molecule has 0 spiro atoms. The van der Waals surface area contributed by atoms with Crippen molar-refractivity contribution in [2.24, 2.45) is 0 Å². The quantitative estimate of drug-likeness (QED) is 0.597. The SMILES string of the molecule is CC(=O)OC1CN(C2CCCN2C)C1. The minimum absolute atomic E-state index is 0.140. The summed E-state index contributed by atoms with van der Waals surface area (Å²) in [6.45, 7) is 4.49. The molecule has 0 aromatic heterocycles. The second-order valence-corrected chi connectivity index (χ2v) is 4.29. The maximum Gasteiger partial charge on any atom is 0.302 e. The minimum atomic E-state index is -0.158. The number of likely N-dealkylation sites (tertiary alicyclic amines) is 2. The molecule has 0 amide bonds. The first-order valence-corrected chi connectivity index (χ1v) is 5.28. The summed E-state index contributed by atoms with van der Waals surface area (Å²) in [5.74, 6) is -0.158. The zero-order valence-corrected chi connectivity index (χ0v) is 8.90. The molecule has 1 atom stereocenters. The second-order valence-electron chi connectivity index (χ2n) is 4.29. The molecule has 0 bridgehead atoms. The number of hydrogen-bond donors (Lipinski definition) is 0. The Morgan fingerprint density at radius 1 is 1.43 bits per heavy atom. The number of ether oxygens (including phenoxy) is 1. The average molecular weight is 198 g/mol. The van der Waals surface area contributed by atoms with E-state index in [1.165, 1.54) is 26.3 Å². The van der Waals surface area contributed by atoms with Gasteiger partial charge in [0, 0.05) is 20.0 Å². The van der Waals surface area contributed by atoms with Crippen LogP contribution >= 0.6 is 0 Å². The molecule has 1 unspecified atom stereocenters. The molecule has 2 fully saturated rings. The third-order valence-corrected chi connectivity index (χ3v) is 3.11. The number of esters is 1. The van der Waals surface area contributed by atoms with Crippen LogP contribution in [0.5, 0.6) is 0 Å². The molecule has 80 valence electrons. The molecule has 4 heteroatoms. The number of rotatable bonds is 2. The third-order valence-electron chi connectivity index (χ3n) is 3.11. The fraction of sp³-hybridized carbons (Fsp3) is 0.900. The van der Waals surface area contributed by atoms with Crippen molar-refractivity contribution < 1.29 is 9.53 Å². The molecule has 0 N–H and O–H groups in total. The van der Waals surface area contributed by atoms with E-state index in [1.807, 2.05) is 0 Å². The first kappa shape index (κ1) is 9.93. The van der Waals surface area contributed by atoms with Crippen LogP contribution < -0.4 is 0 Å². The van der Waals surface area contributed by atoms with E-state index in [-0.39, 0.29) is 12.1 Å². The third kappa shape index (κ3) is 1.91. The molecule has 0 aromatic rings. The van der Waals surface area contributed by atoms with E-state index < -0.39 is 0 Å². The van der Waals surface area contributed by atoms with Crippen molar-refractivity contribution in [1.29, 1.82) is 0 Å². The van der Waals surface area contributed by atoms with Gasteiger partial charge in [-0.3, -0.25) is 14.6 Å². The highest BCUT2D eigenvalue weighted by Crippen LogP contribution is 2.24. The topological polar surface area (TPSA) is 32.8 Å². The lowest BCUT2D eigenvalue weighted by molar-refractivity contribution is -0.158. The predicted molar refractivity (Wildman–Crippen MR) is 52.8 cm³/mol. The highest BCUT2D eigenvalue weighted by atomic mass is 16.5. The van der Waals surface area contributed by atoms with E-state index in [9.17, 15) is 4.79 Å². The molecule has 2 saturated heterocycles. The Labute approximate surface area is 84.8 Å². The van der Waals surface area contributed by atoms with Crippen molar-refractivity contribution in [3.63, 3.8) is 0 Å². The first-order valence-electron chi connectivity index (χ1n) is 5.28. The summed E-state index contributed by atoms with van der Waals surface area (Å²) in [5, 5.41) is 0. The molecule has 0 aliphatic carbocycles. The normalized spacial score (nSPS) is 30.3. The van der Waals surface area contributed by atoms with Crippen LogP contribution in [0.2, 0.25) is 0 Å². The van der Waals surface area contributed by atoms with Crippen LogP contribution in [-0.2, 0) is 9.53 Å². The summed E-state index contributed by atoms with van der Waals surface area (Å²) in [6.07, 6.45) is 3.27. The molecule has 14 heavy (non-hydrogen) atoms. The lowest BCUT2D eigenvalue weighted by atomic mass is 10.1. The number of hydrogen-bond acceptors (Lipinski definition) is 4. The summed E-state index contributed by atoms with van der Waals surface area (Å²) in [6, 6.07) is 0. The maximum atomic E-state index is 10.7. The fourth-order valence-electron chi connectivity index (χ4n) is 2.38. The van der Waals surface area contributed by atoms with Crippen LogP contribution in [-0.4, -0.2) is 54.7 Å². The molecular formula is C10H18N2O2.